The van der Waals surface area contributed by atoms with E-state index in [9.17, 15) is 9.59 Å². The molecule has 1 saturated heterocycles. The second-order valence-electron chi connectivity index (χ2n) is 6.47. The first-order valence-corrected chi connectivity index (χ1v) is 10.0. The Labute approximate surface area is 176 Å². The van der Waals surface area contributed by atoms with E-state index in [-0.39, 0.29) is 17.4 Å². The Balaban J connectivity index is 2.04. The highest BCUT2D eigenvalue weighted by Gasteiger charge is 2.23. The molecule has 0 saturated carbocycles. The van der Waals surface area contributed by atoms with Crippen LogP contribution in [0.25, 0.3) is 11.1 Å². The van der Waals surface area contributed by atoms with Crippen LogP contribution in [0.1, 0.15) is 20.7 Å². The molecule has 0 spiro atoms. The Morgan fingerprint density at radius 3 is 2.25 bits per heavy atom. The van der Waals surface area contributed by atoms with Crippen LogP contribution < -0.4 is 11.5 Å². The predicted molar refractivity (Wildman–Crippen MR) is 113 cm³/mol. The zero-order chi connectivity index (χ0) is 20.4. The van der Waals surface area contributed by atoms with Gasteiger partial charge in [0.25, 0.3) is 11.8 Å². The maximum atomic E-state index is 13.0. The number of benzene rings is 1. The SMILES string of the molecule is CN1CCN(C(=O)c2cc(C(=O)N=C(N)N)cc(-c3cc(Cl)sc3Cl)c2)CC1. The van der Waals surface area contributed by atoms with E-state index < -0.39 is 5.91 Å². The second kappa shape index (κ2) is 8.48. The molecular formula is C18H19Cl2N5O2S. The molecule has 0 unspecified atom stereocenters. The van der Waals surface area contributed by atoms with Gasteiger partial charge in [-0.1, -0.05) is 23.2 Å². The van der Waals surface area contributed by atoms with Crippen molar-refractivity contribution < 1.29 is 9.59 Å². The van der Waals surface area contributed by atoms with Gasteiger partial charge in [-0.15, -0.1) is 11.3 Å². The Hall–Kier alpha value is -2.13. The molecule has 2 amide bonds. The molecule has 1 fully saturated rings. The zero-order valence-corrected chi connectivity index (χ0v) is 17.4. The van der Waals surface area contributed by atoms with Crippen LogP contribution in [0.2, 0.25) is 8.67 Å². The number of nitrogens with zero attached hydrogens (tertiary/aromatic N) is 3. The maximum absolute atomic E-state index is 13.0. The number of amides is 2. The first-order chi connectivity index (χ1) is 13.2. The number of piperazine rings is 1. The third-order valence-corrected chi connectivity index (χ3v) is 5.90. The number of thiophene rings is 1. The highest BCUT2D eigenvalue weighted by Crippen LogP contribution is 2.39. The molecule has 7 nitrogen and oxygen atoms in total. The molecule has 1 aromatic carbocycles. The first-order valence-electron chi connectivity index (χ1n) is 8.46. The van der Waals surface area contributed by atoms with E-state index in [0.29, 0.717) is 38.5 Å². The highest BCUT2D eigenvalue weighted by molar-refractivity contribution is 7.20. The molecule has 4 N–H and O–H groups in total. The molecule has 3 rings (SSSR count). The molecule has 0 bridgehead atoms. The van der Waals surface area contributed by atoms with Gasteiger partial charge in [0.1, 0.15) is 4.34 Å². The van der Waals surface area contributed by atoms with Crippen molar-refractivity contribution in [3.05, 3.63) is 44.1 Å². The van der Waals surface area contributed by atoms with Crippen molar-refractivity contribution in [2.75, 3.05) is 33.2 Å². The Morgan fingerprint density at radius 1 is 1.04 bits per heavy atom. The summed E-state index contributed by atoms with van der Waals surface area (Å²) in [6, 6.07) is 6.50. The van der Waals surface area contributed by atoms with E-state index in [1.54, 1.807) is 23.1 Å². The summed E-state index contributed by atoms with van der Waals surface area (Å²) < 4.78 is 0.974. The molecule has 2 aromatic rings. The van der Waals surface area contributed by atoms with Crippen molar-refractivity contribution >= 4 is 52.3 Å². The lowest BCUT2D eigenvalue weighted by Crippen LogP contribution is -2.47. The summed E-state index contributed by atoms with van der Waals surface area (Å²) in [6.07, 6.45) is 0. The Kier molecular flexibility index (Phi) is 6.24. The highest BCUT2D eigenvalue weighted by atomic mass is 35.5. The number of hydrogen-bond acceptors (Lipinski definition) is 4. The number of guanidine groups is 1. The summed E-state index contributed by atoms with van der Waals surface area (Å²) in [4.78, 5) is 32.9. The molecule has 1 aromatic heterocycles. The monoisotopic (exact) mass is 439 g/mol. The Morgan fingerprint density at radius 2 is 1.68 bits per heavy atom. The minimum absolute atomic E-state index is 0.161. The van der Waals surface area contributed by atoms with E-state index in [0.717, 1.165) is 13.1 Å². The van der Waals surface area contributed by atoms with Crippen LogP contribution in [-0.2, 0) is 0 Å². The van der Waals surface area contributed by atoms with Gasteiger partial charge < -0.3 is 21.3 Å². The molecular weight excluding hydrogens is 421 g/mol. The fraction of sp³-hybridized carbons (Fsp3) is 0.278. The minimum Gasteiger partial charge on any atom is -0.370 e. The van der Waals surface area contributed by atoms with Gasteiger partial charge in [-0.25, -0.2) is 0 Å². The van der Waals surface area contributed by atoms with Gasteiger partial charge >= 0.3 is 0 Å². The third kappa shape index (κ3) is 4.64. The molecule has 1 aliphatic heterocycles. The predicted octanol–water partition coefficient (Wildman–Crippen LogP) is 2.52. The number of nitrogens with two attached hydrogens (primary N) is 2. The number of carbonyl (C=O) groups excluding carboxylic acids is 2. The topological polar surface area (TPSA) is 105 Å². The van der Waals surface area contributed by atoms with E-state index in [4.69, 9.17) is 34.7 Å². The van der Waals surface area contributed by atoms with Crippen molar-refractivity contribution in [1.29, 1.82) is 0 Å². The van der Waals surface area contributed by atoms with Crippen LogP contribution in [0.4, 0.5) is 0 Å². The number of halogens is 2. The summed E-state index contributed by atoms with van der Waals surface area (Å²) in [5.74, 6) is -1.14. The lowest BCUT2D eigenvalue weighted by atomic mass is 10.0. The van der Waals surface area contributed by atoms with Crippen molar-refractivity contribution in [2.24, 2.45) is 16.5 Å². The summed E-state index contributed by atoms with van der Waals surface area (Å²) >= 11 is 13.5. The summed E-state index contributed by atoms with van der Waals surface area (Å²) in [5.41, 5.74) is 12.5. The Bertz CT molecular complexity index is 947. The largest absolute Gasteiger partial charge is 0.370 e. The van der Waals surface area contributed by atoms with E-state index in [1.807, 2.05) is 7.05 Å². The summed E-state index contributed by atoms with van der Waals surface area (Å²) in [5, 5.41) is 0. The molecule has 28 heavy (non-hydrogen) atoms. The minimum atomic E-state index is -0.633. The van der Waals surface area contributed by atoms with Gasteiger partial charge in [0.15, 0.2) is 5.96 Å². The van der Waals surface area contributed by atoms with Crippen LogP contribution in [0, 0.1) is 0 Å². The van der Waals surface area contributed by atoms with Crippen molar-refractivity contribution in [2.45, 2.75) is 0 Å². The molecule has 2 heterocycles. The number of aliphatic imine (C=N–C) groups is 1. The standard InChI is InChI=1S/C18H19Cl2N5O2S/c1-24-2-4-25(5-3-24)17(27)12-7-10(13-9-14(19)28-15(13)20)6-11(8-12)16(26)23-18(21)22/h6-9H,2-5H2,1H3,(H4,21,22,23,26). The van der Waals surface area contributed by atoms with Crippen molar-refractivity contribution in [3.8, 4) is 11.1 Å². The zero-order valence-electron chi connectivity index (χ0n) is 15.1. The van der Waals surface area contributed by atoms with Gasteiger partial charge in [-0.2, -0.15) is 4.99 Å². The quantitative estimate of drug-likeness (QED) is 0.564. The molecule has 10 heteroatoms. The number of hydrogen-bond donors (Lipinski definition) is 2. The van der Waals surface area contributed by atoms with Gasteiger partial charge in [-0.05, 0) is 36.9 Å². The smallest absolute Gasteiger partial charge is 0.280 e. The van der Waals surface area contributed by atoms with Crippen molar-refractivity contribution in [3.63, 3.8) is 0 Å². The summed E-state index contributed by atoms with van der Waals surface area (Å²) in [6.45, 7) is 2.80. The maximum Gasteiger partial charge on any atom is 0.280 e. The van der Waals surface area contributed by atoms with E-state index in [1.165, 1.54) is 17.4 Å². The normalized spacial score (nSPS) is 14.8. The number of carbonyl (C=O) groups is 2. The van der Waals surface area contributed by atoms with E-state index >= 15 is 0 Å². The van der Waals surface area contributed by atoms with Crippen LogP contribution in [-0.4, -0.2) is 60.8 Å². The van der Waals surface area contributed by atoms with Crippen LogP contribution in [0.5, 0.6) is 0 Å². The lowest BCUT2D eigenvalue weighted by Gasteiger charge is -2.32. The van der Waals surface area contributed by atoms with Crippen LogP contribution >= 0.6 is 34.5 Å². The van der Waals surface area contributed by atoms with Crippen LogP contribution in [0.3, 0.4) is 0 Å². The average molecular weight is 440 g/mol. The first kappa shape index (κ1) is 20.6. The van der Waals surface area contributed by atoms with Gasteiger partial charge in [-0.3, -0.25) is 9.59 Å². The molecule has 0 aliphatic carbocycles. The average Bonchev–Trinajstić information content (AvgIpc) is 2.99. The molecule has 0 atom stereocenters. The molecule has 0 radical (unpaired) electrons. The fourth-order valence-electron chi connectivity index (χ4n) is 2.94. The summed E-state index contributed by atoms with van der Waals surface area (Å²) in [7, 11) is 2.01. The van der Waals surface area contributed by atoms with Crippen molar-refractivity contribution in [1.82, 2.24) is 9.80 Å². The van der Waals surface area contributed by atoms with Crippen LogP contribution in [0.15, 0.2) is 29.3 Å². The van der Waals surface area contributed by atoms with E-state index in [2.05, 4.69) is 9.89 Å². The molecule has 148 valence electrons. The second-order valence-corrected chi connectivity index (χ2v) is 8.76. The van der Waals surface area contributed by atoms with Gasteiger partial charge in [0, 0.05) is 42.9 Å². The molecule has 1 aliphatic rings. The van der Waals surface area contributed by atoms with Gasteiger partial charge in [0.05, 0.1) is 4.34 Å². The lowest BCUT2D eigenvalue weighted by molar-refractivity contribution is 0.0664. The number of likely N-dealkylation sites (N-methyl/N-ethyl adjacent to an activating group) is 1. The van der Waals surface area contributed by atoms with Gasteiger partial charge in [0.2, 0.25) is 0 Å². The fourth-order valence-corrected chi connectivity index (χ4v) is 4.45. The third-order valence-electron chi connectivity index (χ3n) is 4.42. The number of rotatable bonds is 3.